The van der Waals surface area contributed by atoms with E-state index < -0.39 is 0 Å². The molecule has 0 saturated heterocycles. The molecule has 284 valence electrons. The van der Waals surface area contributed by atoms with Crippen molar-refractivity contribution in [1.82, 2.24) is 0 Å². The summed E-state index contributed by atoms with van der Waals surface area (Å²) in [4.78, 5) is 34.7. The van der Waals surface area contributed by atoms with Gasteiger partial charge in [-0.25, -0.2) is 0 Å². The molecule has 0 radical (unpaired) electrons. The van der Waals surface area contributed by atoms with Crippen molar-refractivity contribution in [3.63, 3.8) is 0 Å². The van der Waals surface area contributed by atoms with Gasteiger partial charge in [0, 0.05) is 40.8 Å². The Hall–Kier alpha value is -5.91. The van der Waals surface area contributed by atoms with Gasteiger partial charge >= 0.3 is 0 Å². The van der Waals surface area contributed by atoms with Crippen LogP contribution >= 0.6 is 0 Å². The summed E-state index contributed by atoms with van der Waals surface area (Å²) in [5.74, 6) is -0.409. The summed E-state index contributed by atoms with van der Waals surface area (Å²) in [6.07, 6.45) is 23.2. The number of carbonyl (C=O) groups excluding carboxylic acids is 3. The first kappa shape index (κ1) is 46.2. The number of ketones is 3. The average molecular weight is 913 g/mol. The molecule has 0 atom stereocenters. The molecule has 0 N–H and O–H groups in total. The Labute approximate surface area is 358 Å². The molecule has 0 bridgehead atoms. The topological polar surface area (TPSA) is 51.2 Å². The van der Waals surface area contributed by atoms with Crippen molar-refractivity contribution in [3.05, 3.63) is 252 Å². The Morgan fingerprint density at radius 2 is 0.464 bits per heavy atom. The average Bonchev–Trinajstić information content (AvgIpc) is 3.24. The fourth-order valence-electron chi connectivity index (χ4n) is 4.46. The number of carbonyl (C=O) groups is 3. The quantitative estimate of drug-likeness (QED) is 0.0698. The van der Waals surface area contributed by atoms with Crippen LogP contribution in [0.5, 0.6) is 0 Å². The van der Waals surface area contributed by atoms with Gasteiger partial charge < -0.3 is 14.4 Å². The molecule has 0 aliphatic heterocycles. The number of hydrogen-bond acceptors (Lipinski definition) is 3. The summed E-state index contributed by atoms with van der Waals surface area (Å²) in [6.45, 7) is 0. The molecule has 6 aromatic carbocycles. The molecule has 0 unspecified atom stereocenters. The van der Waals surface area contributed by atoms with Gasteiger partial charge in [0.15, 0.2) is 0 Å². The minimum Gasteiger partial charge on any atom is -0.319 e. The second-order valence-corrected chi connectivity index (χ2v) is 11.4. The first-order valence-electron chi connectivity index (χ1n) is 17.3. The van der Waals surface area contributed by atoms with Crippen LogP contribution in [0.3, 0.4) is 0 Å². The number of benzene rings is 6. The van der Waals surface area contributed by atoms with E-state index in [4.69, 9.17) is 0 Å². The van der Waals surface area contributed by atoms with Gasteiger partial charge in [0.25, 0.3) is 0 Å². The van der Waals surface area contributed by atoms with Crippen molar-refractivity contribution < 1.29 is 55.2 Å². The van der Waals surface area contributed by atoms with Crippen molar-refractivity contribution in [3.8, 4) is 0 Å². The first-order chi connectivity index (χ1) is 26.5. The third kappa shape index (κ3) is 20.5. The van der Waals surface area contributed by atoms with Gasteiger partial charge in [0.1, 0.15) is 0 Å². The van der Waals surface area contributed by atoms with Gasteiger partial charge in [-0.3, -0.25) is 0 Å². The normalized spacial score (nSPS) is 10.7. The maximum atomic E-state index is 11.6. The molecule has 0 aliphatic carbocycles. The van der Waals surface area contributed by atoms with Crippen LogP contribution in [0.1, 0.15) is 33.4 Å². The van der Waals surface area contributed by atoms with Gasteiger partial charge in [-0.15, -0.1) is 108 Å². The van der Waals surface area contributed by atoms with Gasteiger partial charge in [-0.1, -0.05) is 146 Å². The van der Waals surface area contributed by atoms with Crippen LogP contribution in [0.25, 0.3) is 36.5 Å². The van der Waals surface area contributed by atoms with Crippen molar-refractivity contribution in [2.24, 2.45) is 0 Å². The smallest absolute Gasteiger partial charge is 0.0684 e. The zero-order chi connectivity index (χ0) is 37.9. The molecule has 5 heteroatoms. The van der Waals surface area contributed by atoms with Crippen LogP contribution in [0.2, 0.25) is 0 Å². The standard InChI is InChI=1S/3C17H13O.2Pd/c3*18-17(13-11-15-7-3-1-4-8-15)14-12-16-9-5-2-6-10-16;;/h3*1-13H;;/q3*-1;;. The molecule has 56 heavy (non-hydrogen) atoms. The molecule has 0 amide bonds. The Bertz CT molecular complexity index is 1760. The Morgan fingerprint density at radius 3 is 0.661 bits per heavy atom. The summed E-state index contributed by atoms with van der Waals surface area (Å²) in [5, 5.41) is 0. The first-order valence-corrected chi connectivity index (χ1v) is 17.3. The summed E-state index contributed by atoms with van der Waals surface area (Å²) >= 11 is 0. The van der Waals surface area contributed by atoms with E-state index in [1.807, 2.05) is 182 Å². The van der Waals surface area contributed by atoms with E-state index in [1.165, 1.54) is 18.2 Å². The van der Waals surface area contributed by atoms with E-state index in [-0.39, 0.29) is 58.2 Å². The van der Waals surface area contributed by atoms with Crippen LogP contribution < -0.4 is 0 Å². The van der Waals surface area contributed by atoms with E-state index in [0.29, 0.717) is 0 Å². The predicted molar refractivity (Wildman–Crippen MR) is 224 cm³/mol. The molecule has 0 heterocycles. The van der Waals surface area contributed by atoms with Gasteiger partial charge in [-0.2, -0.15) is 18.2 Å². The molecule has 0 fully saturated rings. The number of allylic oxidation sites excluding steroid dienone is 6. The summed E-state index contributed by atoms with van der Waals surface area (Å²) in [7, 11) is 0. The predicted octanol–water partition coefficient (Wildman–Crippen LogP) is 11.4. The van der Waals surface area contributed by atoms with Crippen LogP contribution in [0, 0.1) is 18.2 Å². The van der Waals surface area contributed by atoms with Crippen LogP contribution in [0.4, 0.5) is 0 Å². The van der Waals surface area contributed by atoms with Crippen molar-refractivity contribution in [2.75, 3.05) is 0 Å². The minimum absolute atomic E-state index is 0. The van der Waals surface area contributed by atoms with E-state index in [1.54, 1.807) is 36.5 Å². The van der Waals surface area contributed by atoms with E-state index in [2.05, 4.69) is 18.2 Å². The number of rotatable bonds is 12. The molecular weight excluding hydrogens is 873 g/mol. The van der Waals surface area contributed by atoms with Gasteiger partial charge in [0.2, 0.25) is 0 Å². The van der Waals surface area contributed by atoms with Crippen molar-refractivity contribution >= 4 is 53.8 Å². The molecule has 0 aromatic heterocycles. The Kier molecular flexibility index (Phi) is 23.6. The third-order valence-electron chi connectivity index (χ3n) is 7.22. The van der Waals surface area contributed by atoms with Crippen LogP contribution in [-0.4, -0.2) is 17.3 Å². The molecule has 0 aliphatic rings. The third-order valence-corrected chi connectivity index (χ3v) is 7.22. The number of hydrogen-bond donors (Lipinski definition) is 0. The molecule has 0 saturated carbocycles. The largest absolute Gasteiger partial charge is 0.319 e. The zero-order valence-electron chi connectivity index (χ0n) is 30.4. The Morgan fingerprint density at radius 1 is 0.286 bits per heavy atom. The Balaban J connectivity index is 0.000000285. The van der Waals surface area contributed by atoms with Crippen LogP contribution in [-0.2, 0) is 55.2 Å². The molecule has 6 aromatic rings. The van der Waals surface area contributed by atoms with E-state index >= 15 is 0 Å². The molecule has 3 nitrogen and oxygen atoms in total. The minimum atomic E-state index is -0.136. The van der Waals surface area contributed by atoms with Crippen molar-refractivity contribution in [2.45, 2.75) is 0 Å². The second kappa shape index (κ2) is 28.5. The molecule has 0 spiro atoms. The van der Waals surface area contributed by atoms with Gasteiger partial charge in [-0.05, 0) is 16.7 Å². The second-order valence-electron chi connectivity index (χ2n) is 11.4. The summed E-state index contributed by atoms with van der Waals surface area (Å²) in [6, 6.07) is 58.1. The van der Waals surface area contributed by atoms with Crippen LogP contribution in [0.15, 0.2) is 200 Å². The van der Waals surface area contributed by atoms with E-state index in [9.17, 15) is 14.4 Å². The fraction of sp³-hybridized carbons (Fsp3) is 0. The summed E-state index contributed by atoms with van der Waals surface area (Å²) in [5.41, 5.74) is 5.93. The van der Waals surface area contributed by atoms with Crippen molar-refractivity contribution in [1.29, 1.82) is 0 Å². The SMILES string of the molecule is O=C([C-]=Cc1ccccc1)C=Cc1ccccc1.O=C([C-]=Cc1ccccc1)C=Cc1ccccc1.O=C([C-]=Cc1ccccc1)C=Cc1ccccc1.[Pd].[Pd]. The van der Waals surface area contributed by atoms with E-state index in [0.717, 1.165) is 33.4 Å². The fourth-order valence-corrected chi connectivity index (χ4v) is 4.46. The maximum absolute atomic E-state index is 11.6. The maximum Gasteiger partial charge on any atom is 0.0684 e. The summed E-state index contributed by atoms with van der Waals surface area (Å²) < 4.78 is 0. The van der Waals surface area contributed by atoms with Gasteiger partial charge in [0.05, 0.1) is 17.3 Å². The zero-order valence-corrected chi connectivity index (χ0v) is 33.5. The molecule has 6 rings (SSSR count). The monoisotopic (exact) mass is 911 g/mol. The molecular formula is C51H39O3Pd2-3.